The minimum Gasteiger partial charge on any atom is -0.385 e. The molecule has 1 aliphatic heterocycles. The molecule has 0 aliphatic carbocycles. The van der Waals surface area contributed by atoms with Gasteiger partial charge in [-0.1, -0.05) is 38.1 Å². The molecule has 1 fully saturated rings. The number of benzene rings is 1. The van der Waals surface area contributed by atoms with Crippen LogP contribution in [0.5, 0.6) is 0 Å². The highest BCUT2D eigenvalue weighted by Gasteiger charge is 2.41. The van der Waals surface area contributed by atoms with Gasteiger partial charge in [-0.3, -0.25) is 0 Å². The highest BCUT2D eigenvalue weighted by atomic mass is 16.3. The van der Waals surface area contributed by atoms with Crippen LogP contribution in [0.25, 0.3) is 0 Å². The lowest BCUT2D eigenvalue weighted by molar-refractivity contribution is -0.0333. The van der Waals surface area contributed by atoms with E-state index in [-0.39, 0.29) is 6.04 Å². The van der Waals surface area contributed by atoms with Crippen LogP contribution in [0.3, 0.4) is 0 Å². The monoisotopic (exact) mass is 220 g/mol. The second-order valence-corrected chi connectivity index (χ2v) is 5.01. The Labute approximate surface area is 96.7 Å². The van der Waals surface area contributed by atoms with Crippen LogP contribution in [0.1, 0.15) is 36.9 Å². The van der Waals surface area contributed by atoms with Crippen LogP contribution in [-0.4, -0.2) is 23.8 Å². The molecular formula is C13H20N2O. The third kappa shape index (κ3) is 1.98. The van der Waals surface area contributed by atoms with Gasteiger partial charge in [-0.15, -0.1) is 0 Å². The van der Waals surface area contributed by atoms with Gasteiger partial charge in [-0.2, -0.15) is 0 Å². The molecule has 1 aromatic rings. The van der Waals surface area contributed by atoms with Crippen molar-refractivity contribution < 1.29 is 5.11 Å². The number of β-amino-alcohol motifs (C(OH)–C–C–N with tert-alkyl or cyclic N) is 1. The standard InChI is InChI=1S/C13H20N2O/c1-9(2)10-4-3-5-11(6-10)12(14)13(16)7-15-8-13/h3-6,9,12,15-16H,7-8,14H2,1-2H3. The quantitative estimate of drug-likeness (QED) is 0.716. The molecule has 0 amide bonds. The van der Waals surface area contributed by atoms with Gasteiger partial charge in [0.15, 0.2) is 0 Å². The second kappa shape index (κ2) is 4.17. The number of aliphatic hydroxyl groups is 1. The maximum Gasteiger partial charge on any atom is 0.109 e. The lowest BCUT2D eigenvalue weighted by Crippen LogP contribution is -2.64. The summed E-state index contributed by atoms with van der Waals surface area (Å²) in [6, 6.07) is 7.91. The SMILES string of the molecule is CC(C)c1cccc(C(N)C2(O)CNC2)c1. The van der Waals surface area contributed by atoms with Crippen molar-refractivity contribution in [3.8, 4) is 0 Å². The van der Waals surface area contributed by atoms with Crippen molar-refractivity contribution in [3.05, 3.63) is 35.4 Å². The smallest absolute Gasteiger partial charge is 0.109 e. The first-order valence-electron chi connectivity index (χ1n) is 5.81. The predicted molar refractivity (Wildman–Crippen MR) is 65.3 cm³/mol. The van der Waals surface area contributed by atoms with Crippen molar-refractivity contribution in [1.82, 2.24) is 5.32 Å². The molecule has 1 aliphatic rings. The summed E-state index contributed by atoms with van der Waals surface area (Å²) in [4.78, 5) is 0. The van der Waals surface area contributed by atoms with Crippen LogP contribution in [0.2, 0.25) is 0 Å². The molecule has 4 N–H and O–H groups in total. The fourth-order valence-corrected chi connectivity index (χ4v) is 2.02. The van der Waals surface area contributed by atoms with Gasteiger partial charge in [0.1, 0.15) is 5.60 Å². The summed E-state index contributed by atoms with van der Waals surface area (Å²) in [5.74, 6) is 0.487. The van der Waals surface area contributed by atoms with Crippen molar-refractivity contribution in [2.75, 3.05) is 13.1 Å². The van der Waals surface area contributed by atoms with Gasteiger partial charge in [0.25, 0.3) is 0 Å². The molecule has 0 saturated carbocycles. The first-order valence-corrected chi connectivity index (χ1v) is 5.81. The van der Waals surface area contributed by atoms with E-state index in [9.17, 15) is 5.11 Å². The van der Waals surface area contributed by atoms with E-state index in [0.717, 1.165) is 5.56 Å². The first-order chi connectivity index (χ1) is 7.53. The number of rotatable bonds is 3. The Kier molecular flexibility index (Phi) is 3.02. The van der Waals surface area contributed by atoms with Crippen molar-refractivity contribution in [3.63, 3.8) is 0 Å². The van der Waals surface area contributed by atoms with Gasteiger partial charge in [0.05, 0.1) is 6.04 Å². The highest BCUT2D eigenvalue weighted by Crippen LogP contribution is 2.28. The van der Waals surface area contributed by atoms with E-state index in [2.05, 4.69) is 31.3 Å². The van der Waals surface area contributed by atoms with Crippen LogP contribution < -0.4 is 11.1 Å². The van der Waals surface area contributed by atoms with Crippen molar-refractivity contribution in [2.45, 2.75) is 31.4 Å². The Morgan fingerprint density at radius 2 is 1.94 bits per heavy atom. The van der Waals surface area contributed by atoms with Crippen molar-refractivity contribution in [1.29, 1.82) is 0 Å². The fraction of sp³-hybridized carbons (Fsp3) is 0.538. The lowest BCUT2D eigenvalue weighted by atomic mass is 9.83. The van der Waals surface area contributed by atoms with E-state index < -0.39 is 5.60 Å². The molecule has 1 atom stereocenters. The topological polar surface area (TPSA) is 58.3 Å². The maximum atomic E-state index is 10.2. The summed E-state index contributed by atoms with van der Waals surface area (Å²) in [6.07, 6.45) is 0. The fourth-order valence-electron chi connectivity index (χ4n) is 2.02. The maximum absolute atomic E-state index is 10.2. The summed E-state index contributed by atoms with van der Waals surface area (Å²) in [5.41, 5.74) is 7.64. The molecule has 0 aromatic heterocycles. The van der Waals surface area contributed by atoms with Gasteiger partial charge < -0.3 is 16.2 Å². The third-order valence-electron chi connectivity index (χ3n) is 3.38. The minimum atomic E-state index is -0.768. The van der Waals surface area contributed by atoms with Gasteiger partial charge in [-0.25, -0.2) is 0 Å². The van der Waals surface area contributed by atoms with Crippen molar-refractivity contribution in [2.24, 2.45) is 5.73 Å². The lowest BCUT2D eigenvalue weighted by Gasteiger charge is -2.42. The van der Waals surface area contributed by atoms with Crippen LogP contribution >= 0.6 is 0 Å². The highest BCUT2D eigenvalue weighted by molar-refractivity contribution is 5.30. The normalized spacial score (nSPS) is 20.6. The van der Waals surface area contributed by atoms with Gasteiger partial charge in [0, 0.05) is 13.1 Å². The number of hydrogen-bond acceptors (Lipinski definition) is 3. The van der Waals surface area contributed by atoms with E-state index in [1.165, 1.54) is 5.56 Å². The van der Waals surface area contributed by atoms with E-state index in [0.29, 0.717) is 19.0 Å². The zero-order chi connectivity index (χ0) is 11.8. The van der Waals surface area contributed by atoms with Gasteiger partial charge >= 0.3 is 0 Å². The van der Waals surface area contributed by atoms with Crippen LogP contribution in [-0.2, 0) is 0 Å². The first kappa shape index (κ1) is 11.6. The van der Waals surface area contributed by atoms with E-state index in [1.807, 2.05) is 12.1 Å². The summed E-state index contributed by atoms with van der Waals surface area (Å²) in [7, 11) is 0. The molecule has 0 spiro atoms. The molecule has 3 nitrogen and oxygen atoms in total. The Morgan fingerprint density at radius 3 is 2.44 bits per heavy atom. The minimum absolute atomic E-state index is 0.299. The van der Waals surface area contributed by atoms with E-state index in [1.54, 1.807) is 0 Å². The number of nitrogens with two attached hydrogens (primary N) is 1. The number of nitrogens with one attached hydrogen (secondary N) is 1. The molecule has 2 rings (SSSR count). The largest absolute Gasteiger partial charge is 0.385 e. The van der Waals surface area contributed by atoms with E-state index >= 15 is 0 Å². The van der Waals surface area contributed by atoms with Gasteiger partial charge in [-0.05, 0) is 17.0 Å². The molecule has 1 aromatic carbocycles. The molecule has 1 saturated heterocycles. The Bertz CT molecular complexity index is 372. The number of hydrogen-bond donors (Lipinski definition) is 3. The molecule has 16 heavy (non-hydrogen) atoms. The predicted octanol–water partition coefficient (Wildman–Crippen LogP) is 1.14. The average Bonchev–Trinajstić information content (AvgIpc) is 2.25. The molecule has 0 radical (unpaired) electrons. The van der Waals surface area contributed by atoms with E-state index in [4.69, 9.17) is 5.73 Å². The molecule has 0 bridgehead atoms. The van der Waals surface area contributed by atoms with Crippen LogP contribution in [0.15, 0.2) is 24.3 Å². The van der Waals surface area contributed by atoms with Gasteiger partial charge in [0.2, 0.25) is 0 Å². The average molecular weight is 220 g/mol. The summed E-state index contributed by atoms with van der Waals surface area (Å²) >= 11 is 0. The zero-order valence-electron chi connectivity index (χ0n) is 9.90. The van der Waals surface area contributed by atoms with Crippen molar-refractivity contribution >= 4 is 0 Å². The summed E-state index contributed by atoms with van der Waals surface area (Å²) in [6.45, 7) is 5.48. The Balaban J connectivity index is 2.23. The Hall–Kier alpha value is -0.900. The summed E-state index contributed by atoms with van der Waals surface area (Å²) in [5, 5.41) is 13.2. The molecule has 1 unspecified atom stereocenters. The molecular weight excluding hydrogens is 200 g/mol. The molecule has 1 heterocycles. The third-order valence-corrected chi connectivity index (χ3v) is 3.38. The Morgan fingerprint density at radius 1 is 1.31 bits per heavy atom. The second-order valence-electron chi connectivity index (χ2n) is 5.01. The summed E-state index contributed by atoms with van der Waals surface area (Å²) < 4.78 is 0. The van der Waals surface area contributed by atoms with Crippen LogP contribution in [0, 0.1) is 0 Å². The molecule has 88 valence electrons. The van der Waals surface area contributed by atoms with Crippen LogP contribution in [0.4, 0.5) is 0 Å². The zero-order valence-corrected chi connectivity index (χ0v) is 9.90. The molecule has 3 heteroatoms.